The fourth-order valence-corrected chi connectivity index (χ4v) is 2.43. The monoisotopic (exact) mass is 271 g/mol. The number of benzene rings is 1. The third-order valence-corrected chi connectivity index (χ3v) is 3.60. The van der Waals surface area contributed by atoms with Gasteiger partial charge in [0.1, 0.15) is 5.82 Å². The number of rotatable bonds is 4. The quantitative estimate of drug-likeness (QED) is 0.664. The van der Waals surface area contributed by atoms with Gasteiger partial charge in [-0.1, -0.05) is 17.7 Å². The molecule has 3 N–H and O–H groups in total. The van der Waals surface area contributed by atoms with Gasteiger partial charge in [0.2, 0.25) is 0 Å². The van der Waals surface area contributed by atoms with Gasteiger partial charge in [-0.3, -0.25) is 16.3 Å². The topological polar surface area (TPSA) is 50.9 Å². The van der Waals surface area contributed by atoms with Crippen LogP contribution in [0.25, 0.3) is 0 Å². The zero-order valence-corrected chi connectivity index (χ0v) is 10.4. The number of halogens is 2. The molecule has 2 rings (SSSR count). The smallest absolute Gasteiger partial charge is 0.141 e. The largest absolute Gasteiger partial charge is 0.271 e. The van der Waals surface area contributed by atoms with E-state index in [1.165, 1.54) is 17.4 Å². The van der Waals surface area contributed by atoms with Crippen molar-refractivity contribution in [2.45, 2.75) is 12.5 Å². The second-order valence-electron chi connectivity index (χ2n) is 3.58. The molecular formula is C11H11ClFN3S. The van der Waals surface area contributed by atoms with Crippen molar-refractivity contribution in [1.82, 2.24) is 10.4 Å². The molecule has 1 aromatic carbocycles. The number of nitrogens with zero attached hydrogens (tertiary/aromatic N) is 1. The predicted molar refractivity (Wildman–Crippen MR) is 67.3 cm³/mol. The molecular weight excluding hydrogens is 261 g/mol. The van der Waals surface area contributed by atoms with Crippen molar-refractivity contribution >= 4 is 22.9 Å². The maximum atomic E-state index is 13.0. The van der Waals surface area contributed by atoms with Gasteiger partial charge in [0, 0.05) is 11.1 Å². The summed E-state index contributed by atoms with van der Waals surface area (Å²) in [6, 6.07) is 4.64. The molecule has 2 aromatic rings. The van der Waals surface area contributed by atoms with Gasteiger partial charge in [-0.2, -0.15) is 0 Å². The Morgan fingerprint density at radius 2 is 2.35 bits per heavy atom. The third-order valence-electron chi connectivity index (χ3n) is 2.42. The Morgan fingerprint density at radius 1 is 1.53 bits per heavy atom. The van der Waals surface area contributed by atoms with Crippen molar-refractivity contribution in [3.63, 3.8) is 0 Å². The summed E-state index contributed by atoms with van der Waals surface area (Å²) in [6.45, 7) is 0. The number of hydrazine groups is 1. The van der Waals surface area contributed by atoms with Gasteiger partial charge in [-0.05, 0) is 24.1 Å². The Hall–Kier alpha value is -1.01. The van der Waals surface area contributed by atoms with E-state index >= 15 is 0 Å². The first-order chi connectivity index (χ1) is 8.20. The van der Waals surface area contributed by atoms with E-state index in [9.17, 15) is 4.39 Å². The Labute approximate surface area is 107 Å². The lowest BCUT2D eigenvalue weighted by Crippen LogP contribution is -2.28. The van der Waals surface area contributed by atoms with E-state index in [1.54, 1.807) is 23.8 Å². The van der Waals surface area contributed by atoms with E-state index in [4.69, 9.17) is 17.4 Å². The molecule has 0 aliphatic heterocycles. The summed E-state index contributed by atoms with van der Waals surface area (Å²) in [5, 5.41) is 0.127. The number of hydrogen-bond donors (Lipinski definition) is 2. The highest BCUT2D eigenvalue weighted by Gasteiger charge is 2.13. The van der Waals surface area contributed by atoms with Crippen LogP contribution in [-0.2, 0) is 6.42 Å². The van der Waals surface area contributed by atoms with Crippen LogP contribution in [0, 0.1) is 5.82 Å². The molecule has 0 saturated heterocycles. The van der Waals surface area contributed by atoms with Gasteiger partial charge in [-0.15, -0.1) is 11.3 Å². The number of thiazole rings is 1. The van der Waals surface area contributed by atoms with Crippen molar-refractivity contribution in [3.05, 3.63) is 51.2 Å². The van der Waals surface area contributed by atoms with E-state index < -0.39 is 5.82 Å². The fraction of sp³-hybridized carbons (Fsp3) is 0.182. The van der Waals surface area contributed by atoms with E-state index in [-0.39, 0.29) is 11.1 Å². The normalized spacial score (nSPS) is 12.6. The summed E-state index contributed by atoms with van der Waals surface area (Å²) >= 11 is 7.25. The first kappa shape index (κ1) is 12.4. The third kappa shape index (κ3) is 3.01. The van der Waals surface area contributed by atoms with Gasteiger partial charge < -0.3 is 0 Å². The lowest BCUT2D eigenvalue weighted by Gasteiger charge is -2.13. The SMILES string of the molecule is NNC(Cc1ccc(F)c(Cl)c1)c1cncs1. The lowest BCUT2D eigenvalue weighted by molar-refractivity contribution is 0.558. The zero-order valence-electron chi connectivity index (χ0n) is 8.86. The number of nitrogens with one attached hydrogen (secondary N) is 1. The van der Waals surface area contributed by atoms with Crippen LogP contribution >= 0.6 is 22.9 Å². The van der Waals surface area contributed by atoms with Crippen molar-refractivity contribution < 1.29 is 4.39 Å². The molecule has 0 radical (unpaired) electrons. The molecule has 0 saturated carbocycles. The van der Waals surface area contributed by atoms with E-state index in [0.717, 1.165) is 10.4 Å². The standard InChI is InChI=1S/C11H11ClFN3S/c12-8-3-7(1-2-9(8)13)4-10(16-14)11-5-15-6-17-11/h1-3,5-6,10,16H,4,14H2. The van der Waals surface area contributed by atoms with Crippen LogP contribution in [0.1, 0.15) is 16.5 Å². The minimum Gasteiger partial charge on any atom is -0.271 e. The van der Waals surface area contributed by atoms with Crippen LogP contribution in [0.2, 0.25) is 5.02 Å². The van der Waals surface area contributed by atoms with Crippen LogP contribution in [0.4, 0.5) is 4.39 Å². The summed E-state index contributed by atoms with van der Waals surface area (Å²) in [6.07, 6.45) is 2.40. The highest BCUT2D eigenvalue weighted by molar-refractivity contribution is 7.09. The van der Waals surface area contributed by atoms with Gasteiger partial charge >= 0.3 is 0 Å². The molecule has 0 aliphatic carbocycles. The summed E-state index contributed by atoms with van der Waals surface area (Å²) in [4.78, 5) is 5.04. The minimum absolute atomic E-state index is 0.0379. The van der Waals surface area contributed by atoms with Crippen LogP contribution in [0.3, 0.4) is 0 Å². The number of nitrogens with two attached hydrogens (primary N) is 1. The summed E-state index contributed by atoms with van der Waals surface area (Å²) < 4.78 is 13.0. The molecule has 1 unspecified atom stereocenters. The first-order valence-corrected chi connectivity index (χ1v) is 6.25. The molecule has 0 amide bonds. The molecule has 3 nitrogen and oxygen atoms in total. The molecule has 0 fully saturated rings. The highest BCUT2D eigenvalue weighted by Crippen LogP contribution is 2.23. The molecule has 0 aliphatic rings. The second kappa shape index (κ2) is 5.55. The van der Waals surface area contributed by atoms with Crippen LogP contribution in [0.5, 0.6) is 0 Å². The zero-order chi connectivity index (χ0) is 12.3. The molecule has 1 heterocycles. The van der Waals surface area contributed by atoms with Crippen LogP contribution < -0.4 is 11.3 Å². The van der Waals surface area contributed by atoms with E-state index in [2.05, 4.69) is 10.4 Å². The van der Waals surface area contributed by atoms with E-state index in [1.807, 2.05) is 0 Å². The number of aromatic nitrogens is 1. The molecule has 1 aromatic heterocycles. The van der Waals surface area contributed by atoms with Crippen LogP contribution in [-0.4, -0.2) is 4.98 Å². The summed E-state index contributed by atoms with van der Waals surface area (Å²) in [5.41, 5.74) is 5.39. The Morgan fingerprint density at radius 3 is 2.94 bits per heavy atom. The Kier molecular flexibility index (Phi) is 4.06. The van der Waals surface area contributed by atoms with Crippen molar-refractivity contribution in [2.75, 3.05) is 0 Å². The van der Waals surface area contributed by atoms with Gasteiger partial charge in [0.05, 0.1) is 16.6 Å². The first-order valence-electron chi connectivity index (χ1n) is 4.99. The summed E-state index contributed by atoms with van der Waals surface area (Å²) in [7, 11) is 0. The van der Waals surface area contributed by atoms with Crippen molar-refractivity contribution in [2.24, 2.45) is 5.84 Å². The summed E-state index contributed by atoms with van der Waals surface area (Å²) in [5.74, 6) is 5.09. The number of hydrogen-bond acceptors (Lipinski definition) is 4. The average molecular weight is 272 g/mol. The molecule has 0 bridgehead atoms. The molecule has 0 spiro atoms. The highest BCUT2D eigenvalue weighted by atomic mass is 35.5. The molecule has 1 atom stereocenters. The fourth-order valence-electron chi connectivity index (χ4n) is 1.54. The van der Waals surface area contributed by atoms with Gasteiger partial charge in [0.25, 0.3) is 0 Å². The van der Waals surface area contributed by atoms with Crippen molar-refractivity contribution in [1.29, 1.82) is 0 Å². The second-order valence-corrected chi connectivity index (χ2v) is 4.90. The van der Waals surface area contributed by atoms with Crippen molar-refractivity contribution in [3.8, 4) is 0 Å². The maximum Gasteiger partial charge on any atom is 0.141 e. The Bertz CT molecular complexity index is 489. The van der Waals surface area contributed by atoms with Gasteiger partial charge in [0.15, 0.2) is 0 Å². The molecule has 17 heavy (non-hydrogen) atoms. The van der Waals surface area contributed by atoms with Crippen LogP contribution in [0.15, 0.2) is 29.9 Å². The molecule has 90 valence electrons. The molecule has 6 heteroatoms. The Balaban J connectivity index is 2.16. The maximum absolute atomic E-state index is 13.0. The average Bonchev–Trinajstić information content (AvgIpc) is 2.84. The lowest BCUT2D eigenvalue weighted by atomic mass is 10.1. The minimum atomic E-state index is -0.412. The van der Waals surface area contributed by atoms with E-state index in [0.29, 0.717) is 6.42 Å². The predicted octanol–water partition coefficient (Wildman–Crippen LogP) is 2.68. The van der Waals surface area contributed by atoms with Gasteiger partial charge in [-0.25, -0.2) is 4.39 Å².